The van der Waals surface area contributed by atoms with Crippen LogP contribution in [-0.2, 0) is 12.8 Å². The van der Waals surface area contributed by atoms with Gasteiger partial charge in [-0.15, -0.1) is 0 Å². The quantitative estimate of drug-likeness (QED) is 0.454. The van der Waals surface area contributed by atoms with Crippen molar-refractivity contribution in [2.45, 2.75) is 32.6 Å². The number of rotatable bonds is 5. The summed E-state index contributed by atoms with van der Waals surface area (Å²) < 4.78 is 7.23. The van der Waals surface area contributed by atoms with Crippen molar-refractivity contribution in [3.63, 3.8) is 0 Å². The molecule has 2 aromatic carbocycles. The van der Waals surface area contributed by atoms with Crippen molar-refractivity contribution in [1.29, 1.82) is 0 Å². The van der Waals surface area contributed by atoms with E-state index >= 15 is 0 Å². The first-order valence-corrected chi connectivity index (χ1v) is 9.56. The number of nitrogen functional groups attached to an aromatic ring is 1. The Labute approximate surface area is 158 Å². The number of para-hydroxylation sites is 1. The van der Waals surface area contributed by atoms with Gasteiger partial charge in [0, 0.05) is 23.8 Å². The Morgan fingerprint density at radius 3 is 2.71 bits per heavy atom. The number of hydrogen-bond donors (Lipinski definition) is 2. The molecule has 3 aromatic rings. The summed E-state index contributed by atoms with van der Waals surface area (Å²) in [5, 5.41) is 11.1. The summed E-state index contributed by atoms with van der Waals surface area (Å²) in [6.07, 6.45) is 3.79. The number of aromatic hydroxyl groups is 1. The van der Waals surface area contributed by atoms with Crippen LogP contribution >= 0.6 is 31.9 Å². The van der Waals surface area contributed by atoms with Gasteiger partial charge in [-0.25, -0.2) is 0 Å². The van der Waals surface area contributed by atoms with Gasteiger partial charge in [0.05, 0.1) is 14.6 Å². The highest BCUT2D eigenvalue weighted by Crippen LogP contribution is 2.40. The van der Waals surface area contributed by atoms with Gasteiger partial charge in [-0.1, -0.05) is 31.5 Å². The van der Waals surface area contributed by atoms with Gasteiger partial charge in [-0.05, 0) is 56.0 Å². The van der Waals surface area contributed by atoms with Crippen molar-refractivity contribution in [2.24, 2.45) is 0 Å². The van der Waals surface area contributed by atoms with E-state index in [-0.39, 0.29) is 5.75 Å². The number of anilines is 1. The number of unbranched alkanes of at least 4 members (excludes halogenated alkanes) is 1. The molecule has 3 nitrogen and oxygen atoms in total. The van der Waals surface area contributed by atoms with Crippen molar-refractivity contribution in [3.8, 4) is 5.75 Å². The molecule has 0 aliphatic carbocycles. The summed E-state index contributed by atoms with van der Waals surface area (Å²) in [6.45, 7) is 2.18. The van der Waals surface area contributed by atoms with E-state index in [1.54, 1.807) is 0 Å². The Balaban J connectivity index is 2.09. The first-order valence-electron chi connectivity index (χ1n) is 7.97. The number of phenolic OH excluding ortho intramolecular Hbond substituents is 1. The molecule has 0 bridgehead atoms. The van der Waals surface area contributed by atoms with Crippen molar-refractivity contribution in [1.82, 2.24) is 0 Å². The van der Waals surface area contributed by atoms with E-state index in [4.69, 9.17) is 10.2 Å². The zero-order chi connectivity index (χ0) is 17.3. The summed E-state index contributed by atoms with van der Waals surface area (Å²) >= 11 is 6.75. The maximum Gasteiger partial charge on any atom is 0.146 e. The highest BCUT2D eigenvalue weighted by atomic mass is 79.9. The summed E-state index contributed by atoms with van der Waals surface area (Å²) in [5.41, 5.74) is 9.80. The SMILES string of the molecule is CCCCc1oc2ccccc2c1Cc1cc(Br)c(O)c(Br)c1N. The first-order chi connectivity index (χ1) is 11.5. The fourth-order valence-corrected chi connectivity index (χ4v) is 4.10. The van der Waals surface area contributed by atoms with E-state index in [2.05, 4.69) is 44.8 Å². The first kappa shape index (κ1) is 17.4. The lowest BCUT2D eigenvalue weighted by atomic mass is 9.98. The monoisotopic (exact) mass is 451 g/mol. The van der Waals surface area contributed by atoms with E-state index in [1.165, 1.54) is 5.56 Å². The van der Waals surface area contributed by atoms with Crippen LogP contribution in [0.1, 0.15) is 36.7 Å². The molecule has 0 radical (unpaired) electrons. The lowest BCUT2D eigenvalue weighted by Crippen LogP contribution is -1.99. The van der Waals surface area contributed by atoms with E-state index in [9.17, 15) is 5.11 Å². The minimum atomic E-state index is 0.125. The molecule has 0 saturated carbocycles. The molecule has 24 heavy (non-hydrogen) atoms. The summed E-state index contributed by atoms with van der Waals surface area (Å²) in [4.78, 5) is 0. The minimum absolute atomic E-state index is 0.125. The molecule has 1 aromatic heterocycles. The molecule has 0 atom stereocenters. The highest BCUT2D eigenvalue weighted by Gasteiger charge is 2.18. The van der Waals surface area contributed by atoms with Crippen molar-refractivity contribution in [2.75, 3.05) is 5.73 Å². The molecule has 0 fully saturated rings. The van der Waals surface area contributed by atoms with E-state index in [0.29, 0.717) is 21.1 Å². The fraction of sp³-hybridized carbons (Fsp3) is 0.263. The molecule has 0 unspecified atom stereocenters. The lowest BCUT2D eigenvalue weighted by molar-refractivity contribution is 0.468. The van der Waals surface area contributed by atoms with Gasteiger partial charge in [0.2, 0.25) is 0 Å². The van der Waals surface area contributed by atoms with E-state index in [1.807, 2.05) is 24.3 Å². The number of fused-ring (bicyclic) bond motifs is 1. The summed E-state index contributed by atoms with van der Waals surface area (Å²) in [6, 6.07) is 9.98. The molecule has 1 heterocycles. The van der Waals surface area contributed by atoms with Crippen LogP contribution in [0.3, 0.4) is 0 Å². The van der Waals surface area contributed by atoms with Crippen LogP contribution in [0, 0.1) is 0 Å². The van der Waals surface area contributed by atoms with Gasteiger partial charge in [0.25, 0.3) is 0 Å². The number of furan rings is 1. The van der Waals surface area contributed by atoms with Gasteiger partial charge < -0.3 is 15.3 Å². The van der Waals surface area contributed by atoms with Crippen LogP contribution in [0.5, 0.6) is 5.75 Å². The zero-order valence-corrected chi connectivity index (χ0v) is 16.6. The van der Waals surface area contributed by atoms with Crippen LogP contribution in [0.4, 0.5) is 5.69 Å². The molecule has 3 rings (SSSR count). The predicted molar refractivity (Wildman–Crippen MR) is 106 cm³/mol. The molecule has 126 valence electrons. The number of benzene rings is 2. The Morgan fingerprint density at radius 2 is 1.96 bits per heavy atom. The Bertz CT molecular complexity index is 887. The number of nitrogens with two attached hydrogens (primary N) is 1. The second-order valence-corrected chi connectivity index (χ2v) is 7.52. The Morgan fingerprint density at radius 1 is 1.21 bits per heavy atom. The number of phenols is 1. The van der Waals surface area contributed by atoms with Crippen LogP contribution < -0.4 is 5.73 Å². The van der Waals surface area contributed by atoms with E-state index < -0.39 is 0 Å². The topological polar surface area (TPSA) is 59.4 Å². The molecule has 0 saturated heterocycles. The Kier molecular flexibility index (Phi) is 5.21. The Hall–Kier alpha value is -1.46. The van der Waals surface area contributed by atoms with Crippen LogP contribution in [0.2, 0.25) is 0 Å². The normalized spacial score (nSPS) is 11.3. The molecule has 5 heteroatoms. The summed E-state index contributed by atoms with van der Waals surface area (Å²) in [5.74, 6) is 1.15. The smallest absolute Gasteiger partial charge is 0.146 e. The molecule has 3 N–H and O–H groups in total. The third kappa shape index (κ3) is 3.20. The second kappa shape index (κ2) is 7.19. The van der Waals surface area contributed by atoms with Crippen molar-refractivity contribution in [3.05, 3.63) is 56.2 Å². The number of halogens is 2. The molecule has 0 aliphatic rings. The van der Waals surface area contributed by atoms with Gasteiger partial charge >= 0.3 is 0 Å². The van der Waals surface area contributed by atoms with Gasteiger partial charge in [0.1, 0.15) is 17.1 Å². The molecular weight excluding hydrogens is 434 g/mol. The van der Waals surface area contributed by atoms with Gasteiger partial charge in [-0.3, -0.25) is 0 Å². The number of aryl methyl sites for hydroxylation is 1. The van der Waals surface area contributed by atoms with Crippen LogP contribution in [0.15, 0.2) is 43.7 Å². The molecule has 0 aliphatic heterocycles. The zero-order valence-electron chi connectivity index (χ0n) is 13.4. The fourth-order valence-electron chi connectivity index (χ4n) is 2.89. The third-order valence-corrected chi connectivity index (χ3v) is 5.63. The predicted octanol–water partition coefficient (Wildman–Crippen LogP) is 6.18. The molecule has 0 spiro atoms. The summed E-state index contributed by atoms with van der Waals surface area (Å²) in [7, 11) is 0. The van der Waals surface area contributed by atoms with Crippen molar-refractivity contribution >= 4 is 48.5 Å². The lowest BCUT2D eigenvalue weighted by Gasteiger charge is -2.11. The average Bonchev–Trinajstić information content (AvgIpc) is 2.93. The highest BCUT2D eigenvalue weighted by molar-refractivity contribution is 9.11. The third-order valence-electron chi connectivity index (χ3n) is 4.22. The van der Waals surface area contributed by atoms with Crippen LogP contribution in [0.25, 0.3) is 11.0 Å². The molecular formula is C19H19Br2NO2. The number of hydrogen-bond acceptors (Lipinski definition) is 3. The van der Waals surface area contributed by atoms with Gasteiger partial charge in [0.15, 0.2) is 0 Å². The maximum atomic E-state index is 9.99. The van der Waals surface area contributed by atoms with Gasteiger partial charge in [-0.2, -0.15) is 0 Å². The van der Waals surface area contributed by atoms with E-state index in [0.717, 1.165) is 41.6 Å². The molecule has 0 amide bonds. The van der Waals surface area contributed by atoms with Crippen LogP contribution in [-0.4, -0.2) is 5.11 Å². The second-order valence-electron chi connectivity index (χ2n) is 5.87. The maximum absolute atomic E-state index is 9.99. The standard InChI is InChI=1S/C19H19Br2NO2/c1-2-3-7-16-13(12-6-4-5-8-15(12)24-16)9-11-10-14(20)19(23)17(21)18(11)22/h4-6,8,10,23H,2-3,7,9,22H2,1H3. The average molecular weight is 453 g/mol. The van der Waals surface area contributed by atoms with Crippen molar-refractivity contribution < 1.29 is 9.52 Å². The largest absolute Gasteiger partial charge is 0.505 e. The minimum Gasteiger partial charge on any atom is -0.505 e.